The highest BCUT2D eigenvalue weighted by Gasteiger charge is 2.12. The van der Waals surface area contributed by atoms with Crippen LogP contribution < -0.4 is 10.1 Å². The van der Waals surface area contributed by atoms with Gasteiger partial charge in [0.25, 0.3) is 0 Å². The zero-order valence-electron chi connectivity index (χ0n) is 17.5. The Balaban J connectivity index is 1.29. The third-order valence-electron chi connectivity index (χ3n) is 5.04. The number of imidazole rings is 1. The van der Waals surface area contributed by atoms with Gasteiger partial charge in [0.2, 0.25) is 5.91 Å². The molecule has 1 aromatic heterocycles. The number of ether oxygens (including phenoxy) is 2. The van der Waals surface area contributed by atoms with E-state index in [4.69, 9.17) is 9.47 Å². The van der Waals surface area contributed by atoms with Gasteiger partial charge in [0.05, 0.1) is 26.1 Å². The molecule has 1 fully saturated rings. The molecule has 7 nitrogen and oxygen atoms in total. The number of anilines is 1. The number of morpholine rings is 1. The van der Waals surface area contributed by atoms with Crippen molar-refractivity contribution >= 4 is 23.4 Å². The molecule has 2 aromatic carbocycles. The molecule has 1 N–H and O–H groups in total. The van der Waals surface area contributed by atoms with Crippen LogP contribution in [0.5, 0.6) is 5.75 Å². The van der Waals surface area contributed by atoms with Crippen molar-refractivity contribution in [2.75, 3.05) is 44.5 Å². The van der Waals surface area contributed by atoms with E-state index in [0.717, 1.165) is 55.1 Å². The monoisotopic (exact) mass is 438 g/mol. The topological polar surface area (TPSA) is 68.6 Å². The average Bonchev–Trinajstić information content (AvgIpc) is 3.28. The molecule has 0 radical (unpaired) electrons. The van der Waals surface area contributed by atoms with Crippen LogP contribution in [0.4, 0.5) is 5.69 Å². The van der Waals surface area contributed by atoms with Crippen molar-refractivity contribution in [3.05, 3.63) is 66.5 Å². The van der Waals surface area contributed by atoms with E-state index in [-0.39, 0.29) is 11.7 Å². The normalized spacial score (nSPS) is 14.4. The summed E-state index contributed by atoms with van der Waals surface area (Å²) in [5, 5.41) is 3.73. The Morgan fingerprint density at radius 2 is 1.87 bits per heavy atom. The smallest absolute Gasteiger partial charge is 0.234 e. The molecule has 162 valence electrons. The number of rotatable bonds is 8. The van der Waals surface area contributed by atoms with Crippen LogP contribution in [-0.2, 0) is 16.1 Å². The Labute approximate surface area is 186 Å². The average molecular weight is 439 g/mol. The summed E-state index contributed by atoms with van der Waals surface area (Å²) in [6.45, 7) is 4.41. The lowest BCUT2D eigenvalue weighted by molar-refractivity contribution is -0.113. The Hall–Kier alpha value is -2.81. The van der Waals surface area contributed by atoms with Gasteiger partial charge in [-0.25, -0.2) is 4.98 Å². The minimum atomic E-state index is -0.0600. The summed E-state index contributed by atoms with van der Waals surface area (Å²) in [5.74, 6) is 1.02. The minimum Gasteiger partial charge on any atom is -0.497 e. The number of carbonyl (C=O) groups is 1. The highest BCUT2D eigenvalue weighted by atomic mass is 32.2. The summed E-state index contributed by atoms with van der Waals surface area (Å²) < 4.78 is 12.6. The number of nitrogens with one attached hydrogen (secondary N) is 1. The Kier molecular flexibility index (Phi) is 7.24. The van der Waals surface area contributed by atoms with E-state index < -0.39 is 0 Å². The molecule has 1 amide bonds. The van der Waals surface area contributed by atoms with Gasteiger partial charge >= 0.3 is 0 Å². The summed E-state index contributed by atoms with van der Waals surface area (Å²) >= 11 is 1.40. The standard InChI is InChI=1S/C23H26N4O3S/c1-29-21-8-6-20(7-9-21)27-11-10-24-23(27)31-17-22(28)25-19-4-2-18(3-5-19)16-26-12-14-30-15-13-26/h2-11H,12-17H2,1H3,(H,25,28). The van der Waals surface area contributed by atoms with Gasteiger partial charge in [-0.3, -0.25) is 14.3 Å². The first kappa shape index (κ1) is 21.4. The molecule has 3 aromatic rings. The van der Waals surface area contributed by atoms with Gasteiger partial charge in [0, 0.05) is 43.4 Å². The highest BCUT2D eigenvalue weighted by molar-refractivity contribution is 7.99. The fraction of sp³-hybridized carbons (Fsp3) is 0.304. The molecule has 0 atom stereocenters. The number of amides is 1. The summed E-state index contributed by atoms with van der Waals surface area (Å²) in [7, 11) is 1.64. The zero-order valence-corrected chi connectivity index (χ0v) is 18.3. The van der Waals surface area contributed by atoms with E-state index in [1.54, 1.807) is 13.3 Å². The fourth-order valence-corrected chi connectivity index (χ4v) is 4.15. The number of hydrogen-bond acceptors (Lipinski definition) is 6. The third kappa shape index (κ3) is 5.88. The third-order valence-corrected chi connectivity index (χ3v) is 6.00. The second kappa shape index (κ2) is 10.5. The maximum absolute atomic E-state index is 12.4. The molecule has 31 heavy (non-hydrogen) atoms. The van der Waals surface area contributed by atoms with Gasteiger partial charge in [0.15, 0.2) is 5.16 Å². The second-order valence-electron chi connectivity index (χ2n) is 7.20. The molecule has 2 heterocycles. The van der Waals surface area contributed by atoms with Crippen LogP contribution in [0.15, 0.2) is 66.1 Å². The number of thioether (sulfide) groups is 1. The van der Waals surface area contributed by atoms with Gasteiger partial charge in [-0.1, -0.05) is 23.9 Å². The summed E-state index contributed by atoms with van der Waals surface area (Å²) in [5.41, 5.74) is 3.00. The summed E-state index contributed by atoms with van der Waals surface area (Å²) in [6, 6.07) is 15.8. The van der Waals surface area contributed by atoms with E-state index in [1.807, 2.05) is 47.2 Å². The number of methoxy groups -OCH3 is 1. The first-order valence-corrected chi connectivity index (χ1v) is 11.2. The molecule has 8 heteroatoms. The largest absolute Gasteiger partial charge is 0.497 e. The molecule has 1 aliphatic heterocycles. The van der Waals surface area contributed by atoms with Crippen LogP contribution in [0.2, 0.25) is 0 Å². The molecule has 0 bridgehead atoms. The molecule has 0 saturated carbocycles. The fourth-order valence-electron chi connectivity index (χ4n) is 3.37. The Bertz CT molecular complexity index is 983. The molecule has 1 saturated heterocycles. The number of hydrogen-bond donors (Lipinski definition) is 1. The Morgan fingerprint density at radius 3 is 2.58 bits per heavy atom. The molecule has 0 aliphatic carbocycles. The predicted octanol–water partition coefficient (Wildman–Crippen LogP) is 3.44. The lowest BCUT2D eigenvalue weighted by atomic mass is 10.2. The molecule has 0 spiro atoms. The van der Waals surface area contributed by atoms with E-state index in [1.165, 1.54) is 17.3 Å². The number of aromatic nitrogens is 2. The van der Waals surface area contributed by atoms with Crippen molar-refractivity contribution in [2.24, 2.45) is 0 Å². The molecule has 0 unspecified atom stereocenters. The summed E-state index contributed by atoms with van der Waals surface area (Å²) in [4.78, 5) is 19.2. The van der Waals surface area contributed by atoms with Gasteiger partial charge in [0.1, 0.15) is 5.75 Å². The predicted molar refractivity (Wildman–Crippen MR) is 122 cm³/mol. The van der Waals surface area contributed by atoms with E-state index in [9.17, 15) is 4.79 Å². The van der Waals surface area contributed by atoms with Crippen molar-refractivity contribution in [2.45, 2.75) is 11.7 Å². The first-order valence-electron chi connectivity index (χ1n) is 10.2. The number of benzene rings is 2. The maximum atomic E-state index is 12.4. The van der Waals surface area contributed by atoms with Crippen molar-refractivity contribution in [3.8, 4) is 11.4 Å². The number of carbonyl (C=O) groups excluding carboxylic acids is 1. The van der Waals surface area contributed by atoms with Crippen LogP contribution in [0.3, 0.4) is 0 Å². The zero-order chi connectivity index (χ0) is 21.5. The molecule has 1 aliphatic rings. The second-order valence-corrected chi connectivity index (χ2v) is 8.14. The van der Waals surface area contributed by atoms with Crippen molar-refractivity contribution in [1.29, 1.82) is 0 Å². The van der Waals surface area contributed by atoms with Crippen LogP contribution in [0.1, 0.15) is 5.56 Å². The SMILES string of the molecule is COc1ccc(-n2ccnc2SCC(=O)Nc2ccc(CN3CCOCC3)cc2)cc1. The maximum Gasteiger partial charge on any atom is 0.234 e. The molecular formula is C23H26N4O3S. The van der Waals surface area contributed by atoms with E-state index >= 15 is 0 Å². The van der Waals surface area contributed by atoms with Crippen molar-refractivity contribution in [1.82, 2.24) is 14.5 Å². The molecular weight excluding hydrogens is 412 g/mol. The Morgan fingerprint density at radius 1 is 1.13 bits per heavy atom. The van der Waals surface area contributed by atoms with Gasteiger partial charge < -0.3 is 14.8 Å². The van der Waals surface area contributed by atoms with Crippen LogP contribution in [0.25, 0.3) is 5.69 Å². The van der Waals surface area contributed by atoms with Gasteiger partial charge in [-0.2, -0.15) is 0 Å². The summed E-state index contributed by atoms with van der Waals surface area (Å²) in [6.07, 6.45) is 3.62. The molecule has 4 rings (SSSR count). The van der Waals surface area contributed by atoms with Crippen LogP contribution >= 0.6 is 11.8 Å². The van der Waals surface area contributed by atoms with E-state index in [2.05, 4.69) is 27.3 Å². The lowest BCUT2D eigenvalue weighted by Gasteiger charge is -2.26. The number of nitrogens with zero attached hydrogens (tertiary/aromatic N) is 3. The van der Waals surface area contributed by atoms with E-state index in [0.29, 0.717) is 0 Å². The first-order chi connectivity index (χ1) is 15.2. The van der Waals surface area contributed by atoms with Crippen LogP contribution in [-0.4, -0.2) is 59.5 Å². The highest BCUT2D eigenvalue weighted by Crippen LogP contribution is 2.22. The van der Waals surface area contributed by atoms with Gasteiger partial charge in [-0.05, 0) is 42.0 Å². The van der Waals surface area contributed by atoms with Crippen molar-refractivity contribution < 1.29 is 14.3 Å². The van der Waals surface area contributed by atoms with Crippen LogP contribution in [0, 0.1) is 0 Å². The van der Waals surface area contributed by atoms with Gasteiger partial charge in [-0.15, -0.1) is 0 Å². The minimum absolute atomic E-state index is 0.0600. The van der Waals surface area contributed by atoms with Crippen molar-refractivity contribution in [3.63, 3.8) is 0 Å². The lowest BCUT2D eigenvalue weighted by Crippen LogP contribution is -2.35. The quantitative estimate of drug-likeness (QED) is 0.544.